The molecule has 1 rings (SSSR count). The summed E-state index contributed by atoms with van der Waals surface area (Å²) in [5.74, 6) is 1.86. The lowest BCUT2D eigenvalue weighted by Crippen LogP contribution is -2.40. The highest BCUT2D eigenvalue weighted by molar-refractivity contribution is 4.78. The fourth-order valence-electron chi connectivity index (χ4n) is 4.32. The van der Waals surface area contributed by atoms with Crippen LogP contribution in [0.1, 0.15) is 106 Å². The largest absolute Gasteiger partial charge is 0.372 e. The maximum absolute atomic E-state index is 10.7. The summed E-state index contributed by atoms with van der Waals surface area (Å²) in [6.45, 7) is 15.3. The van der Waals surface area contributed by atoms with Crippen LogP contribution in [0.3, 0.4) is 0 Å². The molecule has 1 saturated carbocycles. The van der Waals surface area contributed by atoms with Crippen LogP contribution >= 0.6 is 0 Å². The van der Waals surface area contributed by atoms with Crippen molar-refractivity contribution in [2.24, 2.45) is 23.7 Å². The van der Waals surface area contributed by atoms with Crippen molar-refractivity contribution in [1.82, 2.24) is 0 Å². The molecule has 7 atom stereocenters. The van der Waals surface area contributed by atoms with Crippen molar-refractivity contribution in [3.05, 3.63) is 0 Å². The number of hydrogen-bond donors (Lipinski definition) is 1. The molecule has 0 aromatic carbocycles. The topological polar surface area (TPSA) is 38.7 Å². The molecule has 27 heavy (non-hydrogen) atoms. The number of hydrogen-bond acceptors (Lipinski definition) is 3. The summed E-state index contributed by atoms with van der Waals surface area (Å²) in [6.07, 6.45) is 10.4. The van der Waals surface area contributed by atoms with Crippen LogP contribution in [-0.4, -0.2) is 29.7 Å². The third kappa shape index (κ3) is 8.41. The van der Waals surface area contributed by atoms with E-state index in [2.05, 4.69) is 48.5 Å². The Morgan fingerprint density at radius 1 is 0.778 bits per heavy atom. The van der Waals surface area contributed by atoms with E-state index in [1.807, 2.05) is 0 Å². The molecule has 7 unspecified atom stereocenters. The first-order chi connectivity index (χ1) is 12.8. The van der Waals surface area contributed by atoms with Crippen LogP contribution in [0.4, 0.5) is 0 Å². The van der Waals surface area contributed by atoms with Gasteiger partial charge in [-0.25, -0.2) is 0 Å². The van der Waals surface area contributed by atoms with Crippen LogP contribution in [0.25, 0.3) is 0 Å². The summed E-state index contributed by atoms with van der Waals surface area (Å²) < 4.78 is 12.8. The van der Waals surface area contributed by atoms with E-state index in [1.54, 1.807) is 0 Å². The van der Waals surface area contributed by atoms with Crippen molar-refractivity contribution < 1.29 is 14.6 Å². The van der Waals surface area contributed by atoms with Gasteiger partial charge in [-0.15, -0.1) is 0 Å². The van der Waals surface area contributed by atoms with Gasteiger partial charge in [-0.3, -0.25) is 0 Å². The molecule has 1 aliphatic rings. The van der Waals surface area contributed by atoms with Gasteiger partial charge in [0.05, 0.1) is 18.3 Å². The molecule has 0 radical (unpaired) electrons. The second-order valence-corrected chi connectivity index (χ2v) is 9.22. The van der Waals surface area contributed by atoms with Gasteiger partial charge in [0.25, 0.3) is 0 Å². The molecule has 0 bridgehead atoms. The van der Waals surface area contributed by atoms with E-state index in [0.717, 1.165) is 25.7 Å². The monoisotopic (exact) mass is 384 g/mol. The fraction of sp³-hybridized carbons (Fsp3) is 1.00. The molecular weight excluding hydrogens is 336 g/mol. The zero-order valence-corrected chi connectivity index (χ0v) is 19.2. The summed E-state index contributed by atoms with van der Waals surface area (Å²) in [5.41, 5.74) is 0. The first-order valence-electron chi connectivity index (χ1n) is 11.8. The van der Waals surface area contributed by atoms with Gasteiger partial charge in [0.1, 0.15) is 0 Å². The Kier molecular flexibility index (Phi) is 12.2. The molecule has 0 spiro atoms. The molecule has 3 nitrogen and oxygen atoms in total. The van der Waals surface area contributed by atoms with Crippen LogP contribution in [0.15, 0.2) is 0 Å². The normalized spacial score (nSPS) is 24.0. The van der Waals surface area contributed by atoms with Crippen LogP contribution in [0.2, 0.25) is 0 Å². The third-order valence-corrected chi connectivity index (χ3v) is 7.19. The molecule has 1 N–H and O–H groups in total. The molecule has 1 fully saturated rings. The smallest absolute Gasteiger partial charge is 0.157 e. The minimum atomic E-state index is -0.705. The highest BCUT2D eigenvalue weighted by Crippen LogP contribution is 2.31. The van der Waals surface area contributed by atoms with Crippen molar-refractivity contribution in [1.29, 1.82) is 0 Å². The zero-order valence-electron chi connectivity index (χ0n) is 19.2. The predicted molar refractivity (Wildman–Crippen MR) is 115 cm³/mol. The molecular formula is C24H48O3. The lowest BCUT2D eigenvalue weighted by molar-refractivity contribution is -0.211. The molecule has 0 aromatic heterocycles. The Balaban J connectivity index is 2.78. The van der Waals surface area contributed by atoms with Crippen LogP contribution < -0.4 is 0 Å². The summed E-state index contributed by atoms with van der Waals surface area (Å²) in [6, 6.07) is 0. The van der Waals surface area contributed by atoms with Crippen LogP contribution in [0, 0.1) is 23.7 Å². The summed E-state index contributed by atoms with van der Waals surface area (Å²) in [4.78, 5) is 0. The average molecular weight is 385 g/mol. The Bertz CT molecular complexity index is 367. The fourth-order valence-corrected chi connectivity index (χ4v) is 4.32. The molecule has 1 aliphatic carbocycles. The van der Waals surface area contributed by atoms with Gasteiger partial charge in [0.2, 0.25) is 0 Å². The van der Waals surface area contributed by atoms with Crippen molar-refractivity contribution in [2.75, 3.05) is 0 Å². The highest BCUT2D eigenvalue weighted by atomic mass is 16.6. The molecule has 0 aromatic rings. The molecule has 3 heteroatoms. The Morgan fingerprint density at radius 3 is 1.89 bits per heavy atom. The van der Waals surface area contributed by atoms with Gasteiger partial charge in [-0.2, -0.15) is 0 Å². The second-order valence-electron chi connectivity index (χ2n) is 9.22. The maximum atomic E-state index is 10.7. The zero-order chi connectivity index (χ0) is 20.4. The summed E-state index contributed by atoms with van der Waals surface area (Å²) >= 11 is 0. The SMILES string of the molecule is CCC(C)C(CC)OC(C)C(CC1CCCCC1)OC(O)C(C)C(C)CC. The van der Waals surface area contributed by atoms with Gasteiger partial charge in [-0.05, 0) is 37.5 Å². The lowest BCUT2D eigenvalue weighted by atomic mass is 9.84. The standard InChI is InChI=1S/C24H48O3/c1-8-17(4)19(6)24(25)27-23(16-21-14-12-11-13-15-21)20(7)26-22(10-3)18(5)9-2/h17-25H,8-16H2,1-7H3. The summed E-state index contributed by atoms with van der Waals surface area (Å²) in [5, 5.41) is 10.7. The van der Waals surface area contributed by atoms with E-state index in [0.29, 0.717) is 17.8 Å². The number of aliphatic hydroxyl groups is 1. The van der Waals surface area contributed by atoms with Crippen LogP contribution in [0.5, 0.6) is 0 Å². The minimum Gasteiger partial charge on any atom is -0.372 e. The average Bonchev–Trinajstić information content (AvgIpc) is 2.70. The third-order valence-electron chi connectivity index (χ3n) is 7.19. The number of rotatable bonds is 13. The second kappa shape index (κ2) is 13.2. The van der Waals surface area contributed by atoms with E-state index in [4.69, 9.17) is 9.47 Å². The van der Waals surface area contributed by atoms with Crippen molar-refractivity contribution >= 4 is 0 Å². The van der Waals surface area contributed by atoms with Crippen molar-refractivity contribution in [3.8, 4) is 0 Å². The first kappa shape index (κ1) is 24.9. The van der Waals surface area contributed by atoms with Gasteiger partial charge in [0.15, 0.2) is 6.29 Å². The van der Waals surface area contributed by atoms with Crippen molar-refractivity contribution in [2.45, 2.75) is 131 Å². The Morgan fingerprint density at radius 2 is 1.37 bits per heavy atom. The van der Waals surface area contributed by atoms with E-state index in [-0.39, 0.29) is 24.2 Å². The Hall–Kier alpha value is -0.120. The van der Waals surface area contributed by atoms with Gasteiger partial charge < -0.3 is 14.6 Å². The van der Waals surface area contributed by atoms with Crippen LogP contribution in [-0.2, 0) is 9.47 Å². The predicted octanol–water partition coefficient (Wildman–Crippen LogP) is 6.57. The lowest BCUT2D eigenvalue weighted by Gasteiger charge is -2.36. The quantitative estimate of drug-likeness (QED) is 0.365. The highest BCUT2D eigenvalue weighted by Gasteiger charge is 2.31. The van der Waals surface area contributed by atoms with E-state index < -0.39 is 6.29 Å². The van der Waals surface area contributed by atoms with E-state index in [1.165, 1.54) is 32.1 Å². The molecule has 0 heterocycles. The molecule has 0 saturated heterocycles. The number of aliphatic hydroxyl groups excluding tert-OH is 1. The minimum absolute atomic E-state index is 0.0182. The van der Waals surface area contributed by atoms with Gasteiger partial charge in [0, 0.05) is 5.92 Å². The molecule has 0 amide bonds. The van der Waals surface area contributed by atoms with Gasteiger partial charge in [-0.1, -0.05) is 86.5 Å². The van der Waals surface area contributed by atoms with Crippen molar-refractivity contribution in [3.63, 3.8) is 0 Å². The van der Waals surface area contributed by atoms with E-state index in [9.17, 15) is 5.11 Å². The van der Waals surface area contributed by atoms with E-state index >= 15 is 0 Å². The van der Waals surface area contributed by atoms with Gasteiger partial charge >= 0.3 is 0 Å². The summed E-state index contributed by atoms with van der Waals surface area (Å²) in [7, 11) is 0. The molecule has 162 valence electrons. The Labute approximate surface area is 169 Å². The molecule has 0 aliphatic heterocycles. The number of ether oxygens (including phenoxy) is 2. The first-order valence-corrected chi connectivity index (χ1v) is 11.8. The maximum Gasteiger partial charge on any atom is 0.157 e.